The van der Waals surface area contributed by atoms with Crippen LogP contribution in [0.4, 0.5) is 5.69 Å². The minimum absolute atomic E-state index is 0.0141. The molecule has 0 saturated carbocycles. The lowest BCUT2D eigenvalue weighted by molar-refractivity contribution is 0.670. The number of benzene rings is 1. The Labute approximate surface area is 81.2 Å². The van der Waals surface area contributed by atoms with E-state index in [1.54, 1.807) is 0 Å². The standard InChI is InChI=1S/C12H18N/c1-9-6-10(2)8-11(7-9)13-12(3,4)5/h6-8H,1-5H3/q-1. The first-order valence-electron chi connectivity index (χ1n) is 4.68. The van der Waals surface area contributed by atoms with Crippen LogP contribution >= 0.6 is 0 Å². The van der Waals surface area contributed by atoms with Crippen LogP contribution in [-0.4, -0.2) is 5.54 Å². The first kappa shape index (κ1) is 10.1. The normalized spacial score (nSPS) is 11.5. The second-order valence-corrected chi connectivity index (χ2v) is 4.63. The Balaban J connectivity index is 2.90. The Morgan fingerprint density at radius 2 is 1.38 bits per heavy atom. The van der Waals surface area contributed by atoms with E-state index in [1.165, 1.54) is 11.1 Å². The molecule has 0 atom stereocenters. The topological polar surface area (TPSA) is 14.1 Å². The van der Waals surface area contributed by atoms with Gasteiger partial charge in [0.15, 0.2) is 0 Å². The predicted molar refractivity (Wildman–Crippen MR) is 58.7 cm³/mol. The highest BCUT2D eigenvalue weighted by Gasteiger charge is 1.97. The molecule has 0 heterocycles. The molecular formula is C12H18N-. The van der Waals surface area contributed by atoms with Crippen LogP contribution in [0.3, 0.4) is 0 Å². The monoisotopic (exact) mass is 176 g/mol. The fourth-order valence-corrected chi connectivity index (χ4v) is 1.40. The van der Waals surface area contributed by atoms with Crippen molar-refractivity contribution in [1.29, 1.82) is 0 Å². The highest BCUT2D eigenvalue weighted by atomic mass is 14.9. The first-order valence-corrected chi connectivity index (χ1v) is 4.68. The maximum absolute atomic E-state index is 4.61. The van der Waals surface area contributed by atoms with E-state index < -0.39 is 0 Å². The minimum atomic E-state index is 0.0141. The number of hydrogen-bond donors (Lipinski definition) is 0. The Bertz CT molecular complexity index is 274. The second-order valence-electron chi connectivity index (χ2n) is 4.63. The molecule has 72 valence electrons. The molecule has 0 saturated heterocycles. The van der Waals surface area contributed by atoms with Crippen LogP contribution in [0.15, 0.2) is 18.2 Å². The van der Waals surface area contributed by atoms with Gasteiger partial charge in [0.1, 0.15) is 0 Å². The van der Waals surface area contributed by atoms with Gasteiger partial charge in [0.05, 0.1) is 0 Å². The number of hydrogen-bond acceptors (Lipinski definition) is 0. The summed E-state index contributed by atoms with van der Waals surface area (Å²) in [4.78, 5) is 0. The smallest absolute Gasteiger partial charge is 0.0398 e. The minimum Gasteiger partial charge on any atom is -0.680 e. The van der Waals surface area contributed by atoms with Gasteiger partial charge in [0, 0.05) is 0 Å². The van der Waals surface area contributed by atoms with Crippen molar-refractivity contribution >= 4 is 5.69 Å². The fourth-order valence-electron chi connectivity index (χ4n) is 1.40. The molecule has 0 spiro atoms. The van der Waals surface area contributed by atoms with Crippen LogP contribution in [0, 0.1) is 13.8 Å². The summed E-state index contributed by atoms with van der Waals surface area (Å²) in [5.74, 6) is 0. The van der Waals surface area contributed by atoms with E-state index >= 15 is 0 Å². The fraction of sp³-hybridized carbons (Fsp3) is 0.500. The largest absolute Gasteiger partial charge is 0.680 e. The third-order valence-corrected chi connectivity index (χ3v) is 1.67. The van der Waals surface area contributed by atoms with E-state index in [9.17, 15) is 0 Å². The van der Waals surface area contributed by atoms with Crippen molar-refractivity contribution in [3.8, 4) is 0 Å². The van der Waals surface area contributed by atoms with Crippen molar-refractivity contribution in [2.75, 3.05) is 0 Å². The summed E-state index contributed by atoms with van der Waals surface area (Å²) in [6.45, 7) is 10.6. The van der Waals surface area contributed by atoms with Crippen molar-refractivity contribution < 1.29 is 0 Å². The third kappa shape index (κ3) is 3.49. The number of rotatable bonds is 1. The zero-order valence-electron chi connectivity index (χ0n) is 9.18. The van der Waals surface area contributed by atoms with Gasteiger partial charge in [0.25, 0.3) is 0 Å². The van der Waals surface area contributed by atoms with Crippen molar-refractivity contribution in [2.24, 2.45) is 0 Å². The van der Waals surface area contributed by atoms with Crippen LogP contribution in [0.2, 0.25) is 0 Å². The molecule has 1 aromatic carbocycles. The predicted octanol–water partition coefficient (Wildman–Crippen LogP) is 4.11. The van der Waals surface area contributed by atoms with E-state index in [0.29, 0.717) is 0 Å². The Morgan fingerprint density at radius 1 is 0.923 bits per heavy atom. The van der Waals surface area contributed by atoms with E-state index in [1.807, 2.05) is 0 Å². The van der Waals surface area contributed by atoms with Gasteiger partial charge in [-0.15, -0.1) is 11.2 Å². The van der Waals surface area contributed by atoms with Crippen molar-refractivity contribution in [3.63, 3.8) is 0 Å². The summed E-state index contributed by atoms with van der Waals surface area (Å²) in [5.41, 5.74) is 3.66. The van der Waals surface area contributed by atoms with Gasteiger partial charge in [-0.05, 0) is 13.8 Å². The summed E-state index contributed by atoms with van der Waals surface area (Å²) in [5, 5.41) is 4.61. The molecule has 13 heavy (non-hydrogen) atoms. The SMILES string of the molecule is Cc1cc(C)cc([N-]C(C)(C)C)c1. The highest BCUT2D eigenvalue weighted by molar-refractivity contribution is 5.54. The van der Waals surface area contributed by atoms with Crippen molar-refractivity contribution in [1.82, 2.24) is 0 Å². The molecule has 1 aromatic rings. The summed E-state index contributed by atoms with van der Waals surface area (Å²) in [6.07, 6.45) is 0. The third-order valence-electron chi connectivity index (χ3n) is 1.67. The Hall–Kier alpha value is -0.980. The Kier molecular flexibility index (Phi) is 2.65. The molecule has 0 aliphatic rings. The molecule has 0 unspecified atom stereocenters. The molecule has 0 aromatic heterocycles. The van der Waals surface area contributed by atoms with Crippen LogP contribution in [0.25, 0.3) is 5.32 Å². The molecule has 1 heteroatoms. The van der Waals surface area contributed by atoms with E-state index in [4.69, 9.17) is 0 Å². The molecule has 1 nitrogen and oxygen atoms in total. The molecule has 0 fully saturated rings. The van der Waals surface area contributed by atoms with Gasteiger partial charge in [-0.1, -0.05) is 50.1 Å². The lowest BCUT2D eigenvalue weighted by Crippen LogP contribution is -2.09. The van der Waals surface area contributed by atoms with Crippen molar-refractivity contribution in [3.05, 3.63) is 34.6 Å². The van der Waals surface area contributed by atoms with Gasteiger partial charge in [0.2, 0.25) is 0 Å². The maximum atomic E-state index is 4.61. The lowest BCUT2D eigenvalue weighted by atomic mass is 10.1. The summed E-state index contributed by atoms with van der Waals surface area (Å²) >= 11 is 0. The molecule has 0 bridgehead atoms. The summed E-state index contributed by atoms with van der Waals surface area (Å²) in [6, 6.07) is 6.41. The lowest BCUT2D eigenvalue weighted by Gasteiger charge is -2.38. The van der Waals surface area contributed by atoms with Gasteiger partial charge < -0.3 is 5.32 Å². The van der Waals surface area contributed by atoms with Gasteiger partial charge in [-0.3, -0.25) is 0 Å². The molecule has 0 aliphatic carbocycles. The van der Waals surface area contributed by atoms with Crippen LogP contribution in [-0.2, 0) is 0 Å². The van der Waals surface area contributed by atoms with Gasteiger partial charge in [-0.2, -0.15) is 0 Å². The average molecular weight is 176 g/mol. The highest BCUT2D eigenvalue weighted by Crippen LogP contribution is 2.29. The van der Waals surface area contributed by atoms with E-state index in [-0.39, 0.29) is 5.54 Å². The molecule has 0 radical (unpaired) electrons. The quantitative estimate of drug-likeness (QED) is 0.611. The summed E-state index contributed by atoms with van der Waals surface area (Å²) in [7, 11) is 0. The van der Waals surface area contributed by atoms with E-state index in [2.05, 4.69) is 58.1 Å². The van der Waals surface area contributed by atoms with E-state index in [0.717, 1.165) is 5.69 Å². The van der Waals surface area contributed by atoms with Crippen molar-refractivity contribution in [2.45, 2.75) is 40.2 Å². The molecule has 1 rings (SSSR count). The Morgan fingerprint density at radius 3 is 1.77 bits per heavy atom. The van der Waals surface area contributed by atoms with Gasteiger partial charge in [-0.25, -0.2) is 0 Å². The molecule has 0 aliphatic heterocycles. The maximum Gasteiger partial charge on any atom is -0.0398 e. The first-order chi connectivity index (χ1) is 5.87. The number of aryl methyl sites for hydroxylation is 2. The molecule has 0 amide bonds. The zero-order chi connectivity index (χ0) is 10.1. The zero-order valence-corrected chi connectivity index (χ0v) is 9.18. The number of nitrogens with zero attached hydrogens (tertiary/aromatic N) is 1. The molecular weight excluding hydrogens is 158 g/mol. The van der Waals surface area contributed by atoms with Crippen LogP contribution in [0.5, 0.6) is 0 Å². The van der Waals surface area contributed by atoms with Gasteiger partial charge >= 0.3 is 0 Å². The second kappa shape index (κ2) is 3.41. The summed E-state index contributed by atoms with van der Waals surface area (Å²) < 4.78 is 0. The van der Waals surface area contributed by atoms with Crippen LogP contribution in [0.1, 0.15) is 31.9 Å². The van der Waals surface area contributed by atoms with Crippen LogP contribution < -0.4 is 0 Å². The average Bonchev–Trinajstić information content (AvgIpc) is 1.78. The molecule has 0 N–H and O–H groups in total.